The first-order valence-electron chi connectivity index (χ1n) is 10.6. The summed E-state index contributed by atoms with van der Waals surface area (Å²) in [5.41, 5.74) is 3.31. The van der Waals surface area contributed by atoms with Crippen molar-refractivity contribution < 1.29 is 9.59 Å². The number of carbonyl (C=O) groups is 2. The van der Waals surface area contributed by atoms with Crippen molar-refractivity contribution in [2.75, 3.05) is 6.54 Å². The van der Waals surface area contributed by atoms with Crippen LogP contribution < -0.4 is 5.32 Å². The summed E-state index contributed by atoms with van der Waals surface area (Å²) in [6.45, 7) is 8.56. The van der Waals surface area contributed by atoms with E-state index in [2.05, 4.69) is 17.4 Å². The molecular weight excluding hydrogens is 360 g/mol. The smallest absolute Gasteiger partial charge is 0.243 e. The first kappa shape index (κ1) is 22.7. The Morgan fingerprint density at radius 2 is 1.59 bits per heavy atom. The molecule has 0 saturated heterocycles. The molecule has 0 aromatic heterocycles. The summed E-state index contributed by atoms with van der Waals surface area (Å²) in [5.74, 6) is -0.0666. The van der Waals surface area contributed by atoms with E-state index in [4.69, 9.17) is 0 Å². The van der Waals surface area contributed by atoms with E-state index < -0.39 is 6.04 Å². The number of nitrogens with zero attached hydrogens (tertiary/aromatic N) is 1. The zero-order valence-electron chi connectivity index (χ0n) is 18.2. The van der Waals surface area contributed by atoms with Gasteiger partial charge in [0, 0.05) is 12.6 Å². The van der Waals surface area contributed by atoms with E-state index in [-0.39, 0.29) is 17.9 Å². The molecule has 0 saturated carbocycles. The van der Waals surface area contributed by atoms with Crippen LogP contribution in [-0.2, 0) is 22.4 Å². The molecule has 2 atom stereocenters. The third kappa shape index (κ3) is 7.04. The second-order valence-corrected chi connectivity index (χ2v) is 7.73. The number of hydrogen-bond acceptors (Lipinski definition) is 2. The molecule has 2 aromatic rings. The average molecular weight is 395 g/mol. The Balaban J connectivity index is 2.18. The van der Waals surface area contributed by atoms with Gasteiger partial charge in [-0.05, 0) is 44.2 Å². The molecule has 156 valence electrons. The van der Waals surface area contributed by atoms with Gasteiger partial charge in [0.15, 0.2) is 0 Å². The average Bonchev–Trinajstić information content (AvgIpc) is 2.73. The lowest BCUT2D eigenvalue weighted by atomic mass is 10.0. The summed E-state index contributed by atoms with van der Waals surface area (Å²) in [6, 6.07) is 17.8. The van der Waals surface area contributed by atoms with Crippen LogP contribution >= 0.6 is 0 Å². The standard InChI is InChI=1S/C25H34N2O2/c1-5-20(4)26-25(29)23(6-2)27(17-16-21-10-8-7-9-11-21)24(28)18-22-14-12-19(3)13-15-22/h7-15,20,23H,5-6,16-18H2,1-4H3,(H,26,29)/t20-,23+/m0/s1. The first-order chi connectivity index (χ1) is 13.9. The van der Waals surface area contributed by atoms with E-state index in [1.54, 1.807) is 4.90 Å². The summed E-state index contributed by atoms with van der Waals surface area (Å²) in [4.78, 5) is 27.9. The van der Waals surface area contributed by atoms with Gasteiger partial charge < -0.3 is 10.2 Å². The normalized spacial score (nSPS) is 12.8. The first-order valence-corrected chi connectivity index (χ1v) is 10.6. The van der Waals surface area contributed by atoms with Gasteiger partial charge in [-0.2, -0.15) is 0 Å². The zero-order chi connectivity index (χ0) is 21.2. The highest BCUT2D eigenvalue weighted by molar-refractivity contribution is 5.88. The molecule has 1 N–H and O–H groups in total. The molecule has 0 unspecified atom stereocenters. The molecule has 2 rings (SSSR count). The lowest BCUT2D eigenvalue weighted by Crippen LogP contribution is -2.52. The molecular formula is C25H34N2O2. The van der Waals surface area contributed by atoms with E-state index in [1.165, 1.54) is 5.56 Å². The van der Waals surface area contributed by atoms with Crippen molar-refractivity contribution in [1.29, 1.82) is 0 Å². The van der Waals surface area contributed by atoms with E-state index in [0.29, 0.717) is 19.4 Å². The van der Waals surface area contributed by atoms with E-state index in [1.807, 2.05) is 70.2 Å². The second kappa shape index (κ2) is 11.4. The minimum absolute atomic E-state index is 0.00376. The van der Waals surface area contributed by atoms with Crippen LogP contribution in [0.3, 0.4) is 0 Å². The number of amides is 2. The third-order valence-corrected chi connectivity index (χ3v) is 5.35. The van der Waals surface area contributed by atoms with E-state index in [0.717, 1.165) is 24.0 Å². The second-order valence-electron chi connectivity index (χ2n) is 7.73. The largest absolute Gasteiger partial charge is 0.352 e. The van der Waals surface area contributed by atoms with Gasteiger partial charge in [0.25, 0.3) is 0 Å². The van der Waals surface area contributed by atoms with Gasteiger partial charge in [0.2, 0.25) is 11.8 Å². The zero-order valence-corrected chi connectivity index (χ0v) is 18.2. The number of rotatable bonds is 10. The Hall–Kier alpha value is -2.62. The molecule has 2 amide bonds. The maximum Gasteiger partial charge on any atom is 0.243 e. The van der Waals surface area contributed by atoms with E-state index >= 15 is 0 Å². The van der Waals surface area contributed by atoms with Crippen LogP contribution in [0.5, 0.6) is 0 Å². The maximum absolute atomic E-state index is 13.2. The fourth-order valence-electron chi connectivity index (χ4n) is 3.32. The molecule has 0 aliphatic carbocycles. The van der Waals surface area contributed by atoms with Crippen LogP contribution in [0.15, 0.2) is 54.6 Å². The minimum Gasteiger partial charge on any atom is -0.352 e. The molecule has 4 nitrogen and oxygen atoms in total. The number of hydrogen-bond donors (Lipinski definition) is 1. The van der Waals surface area contributed by atoms with Crippen LogP contribution in [-0.4, -0.2) is 35.3 Å². The van der Waals surface area contributed by atoms with Crippen molar-refractivity contribution in [3.63, 3.8) is 0 Å². The predicted octanol–water partition coefficient (Wildman–Crippen LogP) is 4.30. The molecule has 0 bridgehead atoms. The summed E-state index contributed by atoms with van der Waals surface area (Å²) < 4.78 is 0. The Morgan fingerprint density at radius 1 is 0.931 bits per heavy atom. The molecule has 0 aliphatic rings. The van der Waals surface area contributed by atoms with E-state index in [9.17, 15) is 9.59 Å². The molecule has 0 spiro atoms. The van der Waals surface area contributed by atoms with Gasteiger partial charge in [0.05, 0.1) is 6.42 Å². The highest BCUT2D eigenvalue weighted by atomic mass is 16.2. The summed E-state index contributed by atoms with van der Waals surface area (Å²) >= 11 is 0. The number of benzene rings is 2. The molecule has 0 fully saturated rings. The minimum atomic E-state index is -0.453. The van der Waals surface area contributed by atoms with Gasteiger partial charge in [-0.25, -0.2) is 0 Å². The van der Waals surface area contributed by atoms with Gasteiger partial charge in [-0.15, -0.1) is 0 Å². The van der Waals surface area contributed by atoms with Crippen molar-refractivity contribution in [1.82, 2.24) is 10.2 Å². The molecule has 2 aromatic carbocycles. The maximum atomic E-state index is 13.2. The lowest BCUT2D eigenvalue weighted by molar-refractivity contribution is -0.140. The predicted molar refractivity (Wildman–Crippen MR) is 119 cm³/mol. The van der Waals surface area contributed by atoms with Crippen LogP contribution in [0, 0.1) is 6.92 Å². The fraction of sp³-hybridized carbons (Fsp3) is 0.440. The third-order valence-electron chi connectivity index (χ3n) is 5.35. The number of aryl methyl sites for hydroxylation is 1. The van der Waals surface area contributed by atoms with Crippen LogP contribution in [0.1, 0.15) is 50.3 Å². The van der Waals surface area contributed by atoms with Crippen LogP contribution in [0.25, 0.3) is 0 Å². The van der Waals surface area contributed by atoms with Crippen molar-refractivity contribution in [3.8, 4) is 0 Å². The Kier molecular flexibility index (Phi) is 8.91. The van der Waals surface area contributed by atoms with Gasteiger partial charge in [0.1, 0.15) is 6.04 Å². The SMILES string of the molecule is CC[C@H](C(=O)N[C@@H](C)CC)N(CCc1ccccc1)C(=O)Cc1ccc(C)cc1. The van der Waals surface area contributed by atoms with Crippen molar-refractivity contribution >= 4 is 11.8 Å². The van der Waals surface area contributed by atoms with Gasteiger partial charge in [-0.3, -0.25) is 9.59 Å². The number of nitrogens with one attached hydrogen (secondary N) is 1. The van der Waals surface area contributed by atoms with Crippen molar-refractivity contribution in [2.24, 2.45) is 0 Å². The fourth-order valence-corrected chi connectivity index (χ4v) is 3.32. The highest BCUT2D eigenvalue weighted by Crippen LogP contribution is 2.13. The number of carbonyl (C=O) groups excluding carboxylic acids is 2. The lowest BCUT2D eigenvalue weighted by Gasteiger charge is -2.31. The van der Waals surface area contributed by atoms with Crippen molar-refractivity contribution in [2.45, 2.75) is 65.5 Å². The Labute approximate surface area is 175 Å². The Bertz CT molecular complexity index is 771. The van der Waals surface area contributed by atoms with Gasteiger partial charge >= 0.3 is 0 Å². The Morgan fingerprint density at radius 3 is 2.17 bits per heavy atom. The van der Waals surface area contributed by atoms with Crippen molar-refractivity contribution in [3.05, 3.63) is 71.3 Å². The summed E-state index contributed by atoms with van der Waals surface area (Å²) in [5, 5.41) is 3.05. The molecule has 0 radical (unpaired) electrons. The van der Waals surface area contributed by atoms with Crippen LogP contribution in [0.2, 0.25) is 0 Å². The van der Waals surface area contributed by atoms with Gasteiger partial charge in [-0.1, -0.05) is 74.0 Å². The monoisotopic (exact) mass is 394 g/mol. The molecule has 0 aliphatic heterocycles. The molecule has 4 heteroatoms. The topological polar surface area (TPSA) is 49.4 Å². The van der Waals surface area contributed by atoms with Crippen LogP contribution in [0.4, 0.5) is 0 Å². The highest BCUT2D eigenvalue weighted by Gasteiger charge is 2.28. The summed E-state index contributed by atoms with van der Waals surface area (Å²) in [6.07, 6.45) is 2.50. The molecule has 29 heavy (non-hydrogen) atoms. The quantitative estimate of drug-likeness (QED) is 0.653. The molecule has 0 heterocycles. The summed E-state index contributed by atoms with van der Waals surface area (Å²) in [7, 11) is 0.